The first kappa shape index (κ1) is 16.5. The molecule has 0 aromatic heterocycles. The van der Waals surface area contributed by atoms with Crippen molar-refractivity contribution in [1.82, 2.24) is 0 Å². The number of hydrogen-bond acceptors (Lipinski definition) is 4. The van der Waals surface area contributed by atoms with Gasteiger partial charge >= 0.3 is 0 Å². The summed E-state index contributed by atoms with van der Waals surface area (Å²) in [6.07, 6.45) is 0. The molecule has 0 spiro atoms. The van der Waals surface area contributed by atoms with Crippen LogP contribution in [0.5, 0.6) is 0 Å². The number of nitrogens with one attached hydrogen (secondary N) is 1. The minimum Gasteiger partial charge on any atom is -0.359 e. The second-order valence-electron chi connectivity index (χ2n) is 5.93. The van der Waals surface area contributed by atoms with Gasteiger partial charge in [0.2, 0.25) is 5.72 Å². The standard InChI is InChI=1S/C21H16ClN3O/c22-17-11-13-18(14-12-17)23-20-21(26,16-9-5-2-6-10-16)25-19(24-20)15-7-3-1-4-8-15/h1-14,26H,(H,23,24,25). The zero-order valence-electron chi connectivity index (χ0n) is 13.8. The third-order valence-electron chi connectivity index (χ3n) is 4.13. The molecule has 0 bridgehead atoms. The first-order chi connectivity index (χ1) is 12.6. The third-order valence-corrected chi connectivity index (χ3v) is 4.38. The average molecular weight is 362 g/mol. The molecule has 0 fully saturated rings. The lowest BCUT2D eigenvalue weighted by Crippen LogP contribution is -2.36. The Kier molecular flexibility index (Phi) is 4.29. The molecule has 4 nitrogen and oxygen atoms in total. The predicted molar refractivity (Wildman–Crippen MR) is 106 cm³/mol. The summed E-state index contributed by atoms with van der Waals surface area (Å²) >= 11 is 5.95. The summed E-state index contributed by atoms with van der Waals surface area (Å²) in [7, 11) is 0. The van der Waals surface area contributed by atoms with Gasteiger partial charge in [-0.1, -0.05) is 72.3 Å². The summed E-state index contributed by atoms with van der Waals surface area (Å²) in [5.74, 6) is 0.832. The second kappa shape index (κ2) is 6.75. The van der Waals surface area contributed by atoms with Gasteiger partial charge in [-0.25, -0.2) is 9.98 Å². The number of rotatable bonds is 3. The number of hydrogen-bond donors (Lipinski definition) is 2. The van der Waals surface area contributed by atoms with Gasteiger partial charge in [0.05, 0.1) is 0 Å². The smallest absolute Gasteiger partial charge is 0.244 e. The molecule has 26 heavy (non-hydrogen) atoms. The van der Waals surface area contributed by atoms with Crippen molar-refractivity contribution in [1.29, 1.82) is 0 Å². The monoisotopic (exact) mass is 361 g/mol. The lowest BCUT2D eigenvalue weighted by atomic mass is 10.0. The van der Waals surface area contributed by atoms with E-state index in [1.165, 1.54) is 0 Å². The third kappa shape index (κ3) is 3.12. The van der Waals surface area contributed by atoms with Crippen molar-refractivity contribution in [2.75, 3.05) is 5.32 Å². The minimum absolute atomic E-state index is 0.352. The van der Waals surface area contributed by atoms with Gasteiger partial charge in [0, 0.05) is 21.8 Å². The first-order valence-electron chi connectivity index (χ1n) is 8.20. The van der Waals surface area contributed by atoms with Crippen molar-refractivity contribution in [3.63, 3.8) is 0 Å². The first-order valence-corrected chi connectivity index (χ1v) is 8.58. The topological polar surface area (TPSA) is 57.0 Å². The fraction of sp³-hybridized carbons (Fsp3) is 0.0476. The van der Waals surface area contributed by atoms with Gasteiger partial charge in [0.15, 0.2) is 11.7 Å². The number of amidine groups is 2. The van der Waals surface area contributed by atoms with Gasteiger partial charge in [-0.3, -0.25) is 0 Å². The van der Waals surface area contributed by atoms with E-state index < -0.39 is 5.72 Å². The Balaban J connectivity index is 1.77. The maximum Gasteiger partial charge on any atom is 0.244 e. The molecule has 1 aliphatic heterocycles. The maximum atomic E-state index is 11.4. The van der Waals surface area contributed by atoms with Crippen molar-refractivity contribution in [2.45, 2.75) is 5.72 Å². The van der Waals surface area contributed by atoms with Crippen LogP contribution < -0.4 is 5.32 Å². The quantitative estimate of drug-likeness (QED) is 0.723. The minimum atomic E-state index is -1.58. The Labute approximate surface area is 156 Å². The van der Waals surface area contributed by atoms with E-state index >= 15 is 0 Å². The SMILES string of the molecule is OC1(c2ccccc2)N=C(c2ccccc2)N=C1Nc1ccc(Cl)cc1. The molecule has 1 heterocycles. The van der Waals surface area contributed by atoms with Crippen LogP contribution in [0, 0.1) is 0 Å². The Morgan fingerprint density at radius 1 is 0.808 bits per heavy atom. The van der Waals surface area contributed by atoms with Gasteiger partial charge in [0.25, 0.3) is 0 Å². The number of benzene rings is 3. The zero-order chi connectivity index (χ0) is 18.0. The van der Waals surface area contributed by atoms with E-state index in [0.29, 0.717) is 22.3 Å². The molecule has 3 aromatic rings. The van der Waals surface area contributed by atoms with Crippen LogP contribution in [0.2, 0.25) is 5.02 Å². The summed E-state index contributed by atoms with van der Waals surface area (Å²) in [5.41, 5.74) is 0.680. The molecule has 1 aliphatic rings. The van der Waals surface area contributed by atoms with Crippen LogP contribution in [-0.4, -0.2) is 16.8 Å². The summed E-state index contributed by atoms with van der Waals surface area (Å²) in [6.45, 7) is 0. The fourth-order valence-corrected chi connectivity index (χ4v) is 2.91. The molecule has 1 unspecified atom stereocenters. The number of aliphatic hydroxyl groups is 1. The molecular formula is C21H16ClN3O. The Morgan fingerprint density at radius 2 is 1.42 bits per heavy atom. The van der Waals surface area contributed by atoms with Crippen molar-refractivity contribution in [3.8, 4) is 0 Å². The van der Waals surface area contributed by atoms with Crippen LogP contribution in [0.25, 0.3) is 0 Å². The van der Waals surface area contributed by atoms with E-state index in [0.717, 1.165) is 11.3 Å². The van der Waals surface area contributed by atoms with Gasteiger partial charge in [-0.15, -0.1) is 0 Å². The average Bonchev–Trinajstić information content (AvgIpc) is 3.03. The van der Waals surface area contributed by atoms with Gasteiger partial charge in [-0.05, 0) is 24.3 Å². The Hall–Kier alpha value is -2.95. The molecule has 1 atom stereocenters. The molecule has 4 rings (SSSR count). The fourth-order valence-electron chi connectivity index (χ4n) is 2.79. The molecular weight excluding hydrogens is 346 g/mol. The molecule has 0 aliphatic carbocycles. The molecule has 0 radical (unpaired) electrons. The maximum absolute atomic E-state index is 11.4. The van der Waals surface area contributed by atoms with Crippen LogP contribution in [-0.2, 0) is 5.72 Å². The molecule has 0 saturated carbocycles. The van der Waals surface area contributed by atoms with E-state index in [1.54, 1.807) is 12.1 Å². The largest absolute Gasteiger partial charge is 0.359 e. The van der Waals surface area contributed by atoms with Gasteiger partial charge in [-0.2, -0.15) is 0 Å². The normalized spacial score (nSPS) is 19.0. The van der Waals surface area contributed by atoms with E-state index in [1.807, 2.05) is 72.8 Å². The molecule has 5 heteroatoms. The summed E-state index contributed by atoms with van der Waals surface area (Å²) in [4.78, 5) is 9.11. The highest BCUT2D eigenvalue weighted by atomic mass is 35.5. The number of halogens is 1. The lowest BCUT2D eigenvalue weighted by Gasteiger charge is -2.23. The second-order valence-corrected chi connectivity index (χ2v) is 6.37. The summed E-state index contributed by atoms with van der Waals surface area (Å²) < 4.78 is 0. The number of anilines is 1. The molecule has 128 valence electrons. The van der Waals surface area contributed by atoms with Crippen LogP contribution in [0.3, 0.4) is 0 Å². The van der Waals surface area contributed by atoms with Gasteiger partial charge in [0.1, 0.15) is 0 Å². The van der Waals surface area contributed by atoms with Gasteiger partial charge < -0.3 is 10.4 Å². The summed E-state index contributed by atoms with van der Waals surface area (Å²) in [6, 6.07) is 26.1. The van der Waals surface area contributed by atoms with Crippen LogP contribution in [0.4, 0.5) is 5.69 Å². The number of nitrogens with zero attached hydrogens (tertiary/aromatic N) is 2. The lowest BCUT2D eigenvalue weighted by molar-refractivity contribution is 0.125. The van der Waals surface area contributed by atoms with E-state index in [-0.39, 0.29) is 0 Å². The van der Waals surface area contributed by atoms with Crippen molar-refractivity contribution in [3.05, 3.63) is 101 Å². The van der Waals surface area contributed by atoms with Crippen molar-refractivity contribution < 1.29 is 5.11 Å². The van der Waals surface area contributed by atoms with Crippen molar-refractivity contribution >= 4 is 29.0 Å². The highest BCUT2D eigenvalue weighted by molar-refractivity contribution is 6.30. The Morgan fingerprint density at radius 3 is 2.08 bits per heavy atom. The van der Waals surface area contributed by atoms with E-state index in [9.17, 15) is 5.11 Å². The molecule has 3 aromatic carbocycles. The van der Waals surface area contributed by atoms with Crippen LogP contribution in [0.1, 0.15) is 11.1 Å². The molecule has 0 amide bonds. The van der Waals surface area contributed by atoms with Crippen LogP contribution in [0.15, 0.2) is 94.9 Å². The van der Waals surface area contributed by atoms with Crippen LogP contribution >= 0.6 is 11.6 Å². The van der Waals surface area contributed by atoms with E-state index in [2.05, 4.69) is 15.3 Å². The van der Waals surface area contributed by atoms with E-state index in [4.69, 9.17) is 11.6 Å². The molecule has 0 saturated heterocycles. The summed E-state index contributed by atoms with van der Waals surface area (Å²) in [5, 5.41) is 15.2. The molecule has 2 N–H and O–H groups in total. The predicted octanol–water partition coefficient (Wildman–Crippen LogP) is 4.46. The highest BCUT2D eigenvalue weighted by Gasteiger charge is 2.40. The highest BCUT2D eigenvalue weighted by Crippen LogP contribution is 2.31. The zero-order valence-corrected chi connectivity index (χ0v) is 14.6. The Bertz CT molecular complexity index is 969. The van der Waals surface area contributed by atoms with Crippen molar-refractivity contribution in [2.24, 2.45) is 9.98 Å². The number of aliphatic imine (C=N–C) groups is 2.